The molecule has 0 rings (SSSR count). The molecule has 0 spiro atoms. The molecule has 4 nitrogen and oxygen atoms in total. The third kappa shape index (κ3) is 7.33. The number of rotatable bonds is 9. The van der Waals surface area contributed by atoms with Gasteiger partial charge >= 0.3 is 0 Å². The van der Waals surface area contributed by atoms with Crippen LogP contribution in [0.5, 0.6) is 0 Å². The molecule has 0 aliphatic rings. The summed E-state index contributed by atoms with van der Waals surface area (Å²) in [6.45, 7) is 7.24. The van der Waals surface area contributed by atoms with Gasteiger partial charge in [0.05, 0.1) is 13.0 Å². The first-order chi connectivity index (χ1) is 7.26. The standard InChI is InChI=1S/C11H24N2O2/c1-3-5-8-13(9-7-12)11(14)6-10-15-4-2/h3-10,12H2,1-2H3. The van der Waals surface area contributed by atoms with Crippen LogP contribution in [0.2, 0.25) is 0 Å². The number of hydrogen-bond acceptors (Lipinski definition) is 3. The Labute approximate surface area is 92.8 Å². The molecular weight excluding hydrogens is 192 g/mol. The largest absolute Gasteiger partial charge is 0.381 e. The number of hydrogen-bond donors (Lipinski definition) is 1. The number of ether oxygens (including phenoxy) is 1. The van der Waals surface area contributed by atoms with Gasteiger partial charge in [0.2, 0.25) is 5.91 Å². The topological polar surface area (TPSA) is 55.6 Å². The maximum Gasteiger partial charge on any atom is 0.224 e. The summed E-state index contributed by atoms with van der Waals surface area (Å²) in [5.74, 6) is 0.155. The maximum absolute atomic E-state index is 11.7. The fourth-order valence-electron chi connectivity index (χ4n) is 1.33. The van der Waals surface area contributed by atoms with Crippen molar-refractivity contribution in [3.63, 3.8) is 0 Å². The Kier molecular flexibility index (Phi) is 9.52. The van der Waals surface area contributed by atoms with Gasteiger partial charge in [-0.1, -0.05) is 13.3 Å². The lowest BCUT2D eigenvalue weighted by Crippen LogP contribution is -2.36. The number of amides is 1. The molecule has 0 heterocycles. The third-order valence-corrected chi connectivity index (χ3v) is 2.20. The molecule has 0 unspecified atom stereocenters. The molecule has 0 aromatic heterocycles. The van der Waals surface area contributed by atoms with Crippen LogP contribution in [0.25, 0.3) is 0 Å². The van der Waals surface area contributed by atoms with Crippen LogP contribution in [0.15, 0.2) is 0 Å². The summed E-state index contributed by atoms with van der Waals surface area (Å²) in [7, 11) is 0. The second-order valence-corrected chi connectivity index (χ2v) is 3.47. The first-order valence-corrected chi connectivity index (χ1v) is 5.81. The molecule has 0 bridgehead atoms. The Bertz CT molecular complexity index is 163. The van der Waals surface area contributed by atoms with Crippen molar-refractivity contribution in [2.75, 3.05) is 32.8 Å². The van der Waals surface area contributed by atoms with Gasteiger partial charge in [0.25, 0.3) is 0 Å². The van der Waals surface area contributed by atoms with Gasteiger partial charge < -0.3 is 15.4 Å². The fraction of sp³-hybridized carbons (Fsp3) is 0.909. The second-order valence-electron chi connectivity index (χ2n) is 3.47. The van der Waals surface area contributed by atoms with Gasteiger partial charge in [-0.25, -0.2) is 0 Å². The van der Waals surface area contributed by atoms with Crippen molar-refractivity contribution >= 4 is 5.91 Å². The van der Waals surface area contributed by atoms with E-state index >= 15 is 0 Å². The Hall–Kier alpha value is -0.610. The van der Waals surface area contributed by atoms with Gasteiger partial charge in [-0.15, -0.1) is 0 Å². The Morgan fingerprint density at radius 2 is 2.07 bits per heavy atom. The van der Waals surface area contributed by atoms with Crippen LogP contribution in [0.4, 0.5) is 0 Å². The summed E-state index contributed by atoms with van der Waals surface area (Å²) in [6, 6.07) is 0. The van der Waals surface area contributed by atoms with Crippen LogP contribution in [0.3, 0.4) is 0 Å². The highest BCUT2D eigenvalue weighted by Crippen LogP contribution is 1.98. The number of carbonyl (C=O) groups is 1. The van der Waals surface area contributed by atoms with Crippen molar-refractivity contribution in [2.45, 2.75) is 33.1 Å². The molecule has 0 saturated carbocycles. The van der Waals surface area contributed by atoms with Crippen LogP contribution in [-0.4, -0.2) is 43.7 Å². The Morgan fingerprint density at radius 3 is 2.60 bits per heavy atom. The zero-order chi connectivity index (χ0) is 11.5. The SMILES string of the molecule is CCCCN(CCN)C(=O)CCOCC. The predicted octanol–water partition coefficient (Wildman–Crippen LogP) is 1.00. The van der Waals surface area contributed by atoms with Crippen LogP contribution in [-0.2, 0) is 9.53 Å². The molecule has 15 heavy (non-hydrogen) atoms. The Morgan fingerprint density at radius 1 is 1.33 bits per heavy atom. The van der Waals surface area contributed by atoms with Crippen molar-refractivity contribution in [1.29, 1.82) is 0 Å². The van der Waals surface area contributed by atoms with E-state index in [1.54, 1.807) is 0 Å². The molecule has 0 aromatic rings. The fourth-order valence-corrected chi connectivity index (χ4v) is 1.33. The number of nitrogens with two attached hydrogens (primary N) is 1. The van der Waals surface area contributed by atoms with E-state index in [9.17, 15) is 4.79 Å². The van der Waals surface area contributed by atoms with E-state index in [1.807, 2.05) is 11.8 Å². The van der Waals surface area contributed by atoms with E-state index in [-0.39, 0.29) is 5.91 Å². The highest BCUT2D eigenvalue weighted by molar-refractivity contribution is 5.76. The van der Waals surface area contributed by atoms with Crippen molar-refractivity contribution in [2.24, 2.45) is 5.73 Å². The number of unbranched alkanes of at least 4 members (excludes halogenated alkanes) is 1. The first kappa shape index (κ1) is 14.4. The third-order valence-electron chi connectivity index (χ3n) is 2.20. The normalized spacial score (nSPS) is 10.3. The van der Waals surface area contributed by atoms with E-state index in [2.05, 4.69) is 6.92 Å². The van der Waals surface area contributed by atoms with Gasteiger partial charge in [0.15, 0.2) is 0 Å². The minimum absolute atomic E-state index is 0.155. The van der Waals surface area contributed by atoms with Crippen LogP contribution in [0.1, 0.15) is 33.1 Å². The zero-order valence-corrected chi connectivity index (χ0v) is 10.00. The predicted molar refractivity (Wildman–Crippen MR) is 61.7 cm³/mol. The van der Waals surface area contributed by atoms with Gasteiger partial charge in [-0.05, 0) is 13.3 Å². The molecule has 0 radical (unpaired) electrons. The lowest BCUT2D eigenvalue weighted by Gasteiger charge is -2.21. The summed E-state index contributed by atoms with van der Waals surface area (Å²) >= 11 is 0. The summed E-state index contributed by atoms with van der Waals surface area (Å²) in [5.41, 5.74) is 5.47. The molecule has 1 amide bonds. The van der Waals surface area contributed by atoms with Gasteiger partial charge in [-0.2, -0.15) is 0 Å². The van der Waals surface area contributed by atoms with E-state index in [0.717, 1.165) is 19.4 Å². The molecule has 0 fully saturated rings. The monoisotopic (exact) mass is 216 g/mol. The zero-order valence-electron chi connectivity index (χ0n) is 10.00. The van der Waals surface area contributed by atoms with Crippen molar-refractivity contribution in [3.05, 3.63) is 0 Å². The van der Waals surface area contributed by atoms with Gasteiger partial charge in [0, 0.05) is 26.2 Å². The number of carbonyl (C=O) groups excluding carboxylic acids is 1. The minimum Gasteiger partial charge on any atom is -0.381 e. The number of nitrogens with zero attached hydrogens (tertiary/aromatic N) is 1. The summed E-state index contributed by atoms with van der Waals surface area (Å²) in [5, 5.41) is 0. The van der Waals surface area contributed by atoms with Gasteiger partial charge in [-0.3, -0.25) is 4.79 Å². The van der Waals surface area contributed by atoms with Crippen LogP contribution in [0, 0.1) is 0 Å². The average molecular weight is 216 g/mol. The summed E-state index contributed by atoms with van der Waals surface area (Å²) in [6.07, 6.45) is 2.61. The molecule has 0 aliphatic heterocycles. The molecule has 4 heteroatoms. The van der Waals surface area contributed by atoms with Crippen molar-refractivity contribution in [1.82, 2.24) is 4.90 Å². The quantitative estimate of drug-likeness (QED) is 0.585. The minimum atomic E-state index is 0.155. The highest BCUT2D eigenvalue weighted by Gasteiger charge is 2.11. The average Bonchev–Trinajstić information content (AvgIpc) is 2.24. The van der Waals surface area contributed by atoms with Crippen molar-refractivity contribution < 1.29 is 9.53 Å². The lowest BCUT2D eigenvalue weighted by molar-refractivity contribution is -0.132. The van der Waals surface area contributed by atoms with E-state index in [1.165, 1.54) is 0 Å². The maximum atomic E-state index is 11.7. The molecule has 90 valence electrons. The van der Waals surface area contributed by atoms with Crippen LogP contribution >= 0.6 is 0 Å². The van der Waals surface area contributed by atoms with Crippen molar-refractivity contribution in [3.8, 4) is 0 Å². The lowest BCUT2D eigenvalue weighted by atomic mass is 10.3. The van der Waals surface area contributed by atoms with Crippen LogP contribution < -0.4 is 5.73 Å². The highest BCUT2D eigenvalue weighted by atomic mass is 16.5. The molecule has 0 aliphatic carbocycles. The smallest absolute Gasteiger partial charge is 0.224 e. The van der Waals surface area contributed by atoms with E-state index in [4.69, 9.17) is 10.5 Å². The van der Waals surface area contributed by atoms with Gasteiger partial charge in [0.1, 0.15) is 0 Å². The summed E-state index contributed by atoms with van der Waals surface area (Å²) < 4.78 is 5.16. The van der Waals surface area contributed by atoms with E-state index in [0.29, 0.717) is 32.7 Å². The second kappa shape index (κ2) is 9.93. The molecule has 0 atom stereocenters. The first-order valence-electron chi connectivity index (χ1n) is 5.81. The Balaban J connectivity index is 3.81. The molecule has 2 N–H and O–H groups in total. The molecule has 0 saturated heterocycles. The molecular formula is C11H24N2O2. The summed E-state index contributed by atoms with van der Waals surface area (Å²) in [4.78, 5) is 13.5. The molecule has 0 aromatic carbocycles. The van der Waals surface area contributed by atoms with E-state index < -0.39 is 0 Å².